The minimum absolute atomic E-state index is 0.0299. The van der Waals surface area contributed by atoms with Crippen molar-refractivity contribution in [2.75, 3.05) is 18.4 Å². The number of benzene rings is 2. The number of fused-ring (bicyclic) bond motifs is 2. The van der Waals surface area contributed by atoms with Gasteiger partial charge >= 0.3 is 6.09 Å². The number of carbonyl (C=O) groups is 3. The zero-order chi connectivity index (χ0) is 34.6. The van der Waals surface area contributed by atoms with Gasteiger partial charge in [-0.05, 0) is 76.5 Å². The first kappa shape index (κ1) is 34.9. The highest BCUT2D eigenvalue weighted by Crippen LogP contribution is 2.55. The molecule has 11 nitrogen and oxygen atoms in total. The lowest BCUT2D eigenvalue weighted by Gasteiger charge is -2.58. The molecule has 2 aromatic rings. The fraction of sp³-hybridized carbons (Fsp3) is 0.516. The zero-order valence-corrected chi connectivity index (χ0v) is 27.3. The van der Waals surface area contributed by atoms with E-state index in [9.17, 15) is 46.2 Å². The fourth-order valence-electron chi connectivity index (χ4n) is 6.62. The van der Waals surface area contributed by atoms with Gasteiger partial charge < -0.3 is 25.6 Å². The van der Waals surface area contributed by atoms with Crippen molar-refractivity contribution in [3.8, 4) is 0 Å². The number of halogens is 4. The maximum atomic E-state index is 13.7. The average Bonchev–Trinajstić information content (AvgIpc) is 3.39. The highest BCUT2D eigenvalue weighted by Gasteiger charge is 2.60. The summed E-state index contributed by atoms with van der Waals surface area (Å²) >= 11 is 6.25. The molecule has 0 aromatic heterocycles. The molecule has 3 amide bonds. The Hall–Kier alpha value is -3.40. The Morgan fingerprint density at radius 3 is 2.28 bits per heavy atom. The summed E-state index contributed by atoms with van der Waals surface area (Å²) < 4.78 is 73.3. The molecule has 0 radical (unpaired) electrons. The number of hydrogen-bond donors (Lipinski definition) is 4. The van der Waals surface area contributed by atoms with Gasteiger partial charge in [-0.15, -0.1) is 0 Å². The van der Waals surface area contributed by atoms with Gasteiger partial charge in [-0.25, -0.2) is 26.4 Å². The topological polar surface area (TPSA) is 162 Å². The Bertz CT molecular complexity index is 1680. The summed E-state index contributed by atoms with van der Waals surface area (Å²) in [5.41, 5.74) is -2.81. The van der Waals surface area contributed by atoms with Gasteiger partial charge in [-0.3, -0.25) is 14.5 Å². The van der Waals surface area contributed by atoms with Crippen molar-refractivity contribution in [2.24, 2.45) is 11.8 Å². The molecule has 2 aromatic carbocycles. The molecule has 16 heteroatoms. The molecule has 0 spiro atoms. The van der Waals surface area contributed by atoms with Crippen LogP contribution >= 0.6 is 11.6 Å². The molecule has 47 heavy (non-hydrogen) atoms. The third-order valence-electron chi connectivity index (χ3n) is 9.07. The van der Waals surface area contributed by atoms with Crippen LogP contribution in [0.5, 0.6) is 0 Å². The van der Waals surface area contributed by atoms with Crippen LogP contribution in [0.4, 0.5) is 23.7 Å². The number of ether oxygens (including phenoxy) is 1. The molecule has 1 aliphatic heterocycles. The summed E-state index contributed by atoms with van der Waals surface area (Å²) in [5.74, 6) is -7.35. The van der Waals surface area contributed by atoms with E-state index in [-0.39, 0.29) is 53.5 Å². The molecular formula is C31H35ClF3N3O8S. The van der Waals surface area contributed by atoms with Crippen molar-refractivity contribution >= 4 is 45.0 Å². The monoisotopic (exact) mass is 701 g/mol. The molecule has 2 bridgehead atoms. The summed E-state index contributed by atoms with van der Waals surface area (Å²) in [6, 6.07) is 3.40. The molecule has 1 heterocycles. The van der Waals surface area contributed by atoms with E-state index in [4.69, 9.17) is 16.3 Å². The van der Waals surface area contributed by atoms with Crippen LogP contribution in [0.25, 0.3) is 0 Å². The van der Waals surface area contributed by atoms with Gasteiger partial charge in [-0.1, -0.05) is 11.6 Å². The number of rotatable bonds is 7. The molecule has 4 N–H and O–H groups in total. The largest absolute Gasteiger partial charge is 0.444 e. The van der Waals surface area contributed by atoms with Crippen LogP contribution in [0.1, 0.15) is 56.8 Å². The number of amides is 3. The molecule has 256 valence electrons. The van der Waals surface area contributed by atoms with Crippen LogP contribution in [0.15, 0.2) is 35.2 Å². The lowest BCUT2D eigenvalue weighted by Crippen LogP contribution is -2.67. The molecule has 3 saturated carbocycles. The Balaban J connectivity index is 1.24. The van der Waals surface area contributed by atoms with Crippen molar-refractivity contribution in [1.29, 1.82) is 0 Å². The Kier molecular flexibility index (Phi) is 9.34. The molecule has 4 fully saturated rings. The SMILES string of the molecule is CC(C)(C)OC(=O)N1CC[C@H](O)[C@H]1C(=O)NCC1(O)C2CC1CC(S(=O)(=O)c1cc(C(=O)Nc3cc(F)c(F)c(F)c3)ccc1Cl)C2. The average molecular weight is 702 g/mol. The first-order chi connectivity index (χ1) is 21.8. The number of aliphatic hydroxyl groups excluding tert-OH is 1. The highest BCUT2D eigenvalue weighted by molar-refractivity contribution is 7.92. The maximum Gasteiger partial charge on any atom is 0.411 e. The van der Waals surface area contributed by atoms with Crippen LogP contribution < -0.4 is 10.6 Å². The number of likely N-dealkylation sites (tertiary alicyclic amines) is 1. The predicted molar refractivity (Wildman–Crippen MR) is 163 cm³/mol. The van der Waals surface area contributed by atoms with Crippen LogP contribution in [0.2, 0.25) is 5.02 Å². The molecule has 6 rings (SSSR count). The number of sulfone groups is 1. The first-order valence-electron chi connectivity index (χ1n) is 15.0. The normalized spacial score (nSPS) is 27.2. The van der Waals surface area contributed by atoms with Gasteiger partial charge in [0.15, 0.2) is 27.3 Å². The maximum absolute atomic E-state index is 13.7. The summed E-state index contributed by atoms with van der Waals surface area (Å²) in [6.45, 7) is 4.91. The molecule has 1 saturated heterocycles. The van der Waals surface area contributed by atoms with Gasteiger partial charge in [0.05, 0.1) is 26.9 Å². The van der Waals surface area contributed by atoms with Crippen LogP contribution in [0, 0.1) is 29.3 Å². The minimum Gasteiger partial charge on any atom is -0.444 e. The van der Waals surface area contributed by atoms with Gasteiger partial charge in [0.25, 0.3) is 5.91 Å². The number of nitrogens with one attached hydrogen (secondary N) is 2. The first-order valence-corrected chi connectivity index (χ1v) is 16.9. The van der Waals surface area contributed by atoms with Gasteiger partial charge in [0, 0.05) is 36.5 Å². The van der Waals surface area contributed by atoms with E-state index in [1.165, 1.54) is 12.1 Å². The minimum atomic E-state index is -4.15. The fourth-order valence-corrected chi connectivity index (χ4v) is 9.02. The Morgan fingerprint density at radius 2 is 1.68 bits per heavy atom. The van der Waals surface area contributed by atoms with Crippen molar-refractivity contribution in [2.45, 2.75) is 79.9 Å². The zero-order valence-electron chi connectivity index (χ0n) is 25.7. The number of hydrogen-bond acceptors (Lipinski definition) is 8. The van der Waals surface area contributed by atoms with E-state index < -0.39 is 85.6 Å². The van der Waals surface area contributed by atoms with E-state index in [1.54, 1.807) is 20.8 Å². The molecule has 4 aliphatic rings. The van der Waals surface area contributed by atoms with Crippen LogP contribution in [-0.2, 0) is 19.4 Å². The van der Waals surface area contributed by atoms with E-state index in [1.807, 2.05) is 0 Å². The second-order valence-electron chi connectivity index (χ2n) is 13.3. The van der Waals surface area contributed by atoms with E-state index in [0.29, 0.717) is 18.6 Å². The molecular weight excluding hydrogens is 667 g/mol. The Morgan fingerprint density at radius 1 is 1.06 bits per heavy atom. The summed E-state index contributed by atoms with van der Waals surface area (Å²) in [4.78, 5) is 39.3. The number of aliphatic hydroxyl groups is 2. The molecule has 3 aliphatic carbocycles. The second kappa shape index (κ2) is 12.6. The lowest BCUT2D eigenvalue weighted by atomic mass is 9.53. The van der Waals surface area contributed by atoms with Crippen molar-refractivity contribution < 1.29 is 50.9 Å². The smallest absolute Gasteiger partial charge is 0.411 e. The lowest BCUT2D eigenvalue weighted by molar-refractivity contribution is -0.174. The predicted octanol–water partition coefficient (Wildman–Crippen LogP) is 3.80. The number of anilines is 1. The summed E-state index contributed by atoms with van der Waals surface area (Å²) in [6.07, 6.45) is -1.14. The Labute approximate surface area is 274 Å². The number of carbonyl (C=O) groups excluding carboxylic acids is 3. The highest BCUT2D eigenvalue weighted by atomic mass is 35.5. The van der Waals surface area contributed by atoms with Crippen molar-refractivity contribution in [1.82, 2.24) is 10.2 Å². The van der Waals surface area contributed by atoms with Crippen LogP contribution in [-0.4, -0.2) is 83.1 Å². The van der Waals surface area contributed by atoms with Gasteiger partial charge in [0.1, 0.15) is 11.6 Å². The van der Waals surface area contributed by atoms with E-state index >= 15 is 0 Å². The van der Waals surface area contributed by atoms with Gasteiger partial charge in [-0.2, -0.15) is 0 Å². The van der Waals surface area contributed by atoms with E-state index in [2.05, 4.69) is 10.6 Å². The molecule has 2 unspecified atom stereocenters. The van der Waals surface area contributed by atoms with Crippen molar-refractivity contribution in [3.05, 3.63) is 58.4 Å². The summed E-state index contributed by atoms with van der Waals surface area (Å²) in [5, 5.41) is 25.6. The second-order valence-corrected chi connectivity index (χ2v) is 15.9. The third kappa shape index (κ3) is 6.80. The third-order valence-corrected chi connectivity index (χ3v) is 11.7. The van der Waals surface area contributed by atoms with Crippen molar-refractivity contribution in [3.63, 3.8) is 0 Å². The van der Waals surface area contributed by atoms with Crippen LogP contribution in [0.3, 0.4) is 0 Å². The number of nitrogens with zero attached hydrogens (tertiary/aromatic N) is 1. The standard InChI is InChI=1S/C31H35ClF3N3O8S/c1-30(2,3)46-29(42)38-7-6-23(39)26(38)28(41)36-14-31(43)16-9-17(31)11-19(10-16)47(44,45)24-8-15(4-5-20(24)32)27(40)37-18-12-21(33)25(35)22(34)13-18/h4-5,8,12-13,16-17,19,23,26,39,43H,6-7,9-11,14H2,1-3H3,(H,36,41)(H,37,40)/t16?,17?,19?,23-,26-,31?/m0/s1. The molecule has 4 atom stereocenters. The quantitative estimate of drug-likeness (QED) is 0.317. The van der Waals surface area contributed by atoms with Gasteiger partial charge in [0.2, 0.25) is 5.91 Å². The van der Waals surface area contributed by atoms with E-state index in [0.717, 1.165) is 11.0 Å². The summed E-state index contributed by atoms with van der Waals surface area (Å²) in [7, 11) is -4.15.